The third-order valence-electron chi connectivity index (χ3n) is 5.08. The van der Waals surface area contributed by atoms with E-state index in [-0.39, 0.29) is 5.56 Å². The van der Waals surface area contributed by atoms with Crippen molar-refractivity contribution in [3.63, 3.8) is 0 Å². The minimum absolute atomic E-state index is 0.250. The second kappa shape index (κ2) is 12.7. The second-order valence-electron chi connectivity index (χ2n) is 7.23. The van der Waals surface area contributed by atoms with Gasteiger partial charge in [-0.25, -0.2) is 4.79 Å². The predicted octanol–water partition coefficient (Wildman–Crippen LogP) is 3.30. The first-order valence-electron chi connectivity index (χ1n) is 10.4. The molecule has 0 fully saturated rings. The van der Waals surface area contributed by atoms with Gasteiger partial charge >= 0.3 is 5.97 Å². The van der Waals surface area contributed by atoms with Gasteiger partial charge in [-0.1, -0.05) is 6.07 Å². The molecule has 0 aromatic heterocycles. The summed E-state index contributed by atoms with van der Waals surface area (Å²) in [6, 6.07) is 7.10. The third kappa shape index (κ3) is 6.57. The van der Waals surface area contributed by atoms with Crippen LogP contribution in [0.25, 0.3) is 0 Å². The minimum Gasteiger partial charge on any atom is -0.493 e. The smallest absolute Gasteiger partial charge is 0.337 e. The molecule has 184 valence electrons. The van der Waals surface area contributed by atoms with Gasteiger partial charge in [-0.15, -0.1) is 0 Å². The van der Waals surface area contributed by atoms with Gasteiger partial charge in [0.2, 0.25) is 11.7 Å². The van der Waals surface area contributed by atoms with Crippen molar-refractivity contribution in [3.05, 3.63) is 47.0 Å². The van der Waals surface area contributed by atoms with Crippen LogP contribution in [0, 0.1) is 6.92 Å². The molecule has 2 aromatic rings. The van der Waals surface area contributed by atoms with E-state index in [0.29, 0.717) is 40.7 Å². The van der Waals surface area contributed by atoms with Crippen molar-refractivity contribution in [2.45, 2.75) is 19.4 Å². The van der Waals surface area contributed by atoms with E-state index < -0.39 is 23.8 Å². The minimum atomic E-state index is -0.819. The highest BCUT2D eigenvalue weighted by Gasteiger charge is 2.24. The predicted molar refractivity (Wildman–Crippen MR) is 131 cm³/mol. The molecule has 0 radical (unpaired) electrons. The molecule has 2 aromatic carbocycles. The maximum absolute atomic E-state index is 13.1. The maximum atomic E-state index is 13.1. The Kier molecular flexibility index (Phi) is 10.1. The van der Waals surface area contributed by atoms with Gasteiger partial charge in [0, 0.05) is 11.3 Å². The SMILES string of the molecule is COC(=O)c1ccc(C)c(NC(=O)[C@@H](CCSC)NC(=O)c2cc(OC)c(OC)c(OC)c2)c1. The van der Waals surface area contributed by atoms with Crippen LogP contribution in [0.3, 0.4) is 0 Å². The highest BCUT2D eigenvalue weighted by molar-refractivity contribution is 7.98. The summed E-state index contributed by atoms with van der Waals surface area (Å²) in [5, 5.41) is 5.61. The van der Waals surface area contributed by atoms with Crippen molar-refractivity contribution in [1.29, 1.82) is 0 Å². The standard InChI is InChI=1S/C24H30N2O7S/c1-14-7-8-15(24(29)33-5)11-18(14)26-23(28)17(9-10-34-6)25-22(27)16-12-19(30-2)21(32-4)20(13-16)31-3/h7-8,11-13,17H,9-10H2,1-6H3,(H,25,27)(H,26,28)/t17-/m1/s1. The fourth-order valence-corrected chi connectivity index (χ4v) is 3.65. The number of thioether (sulfide) groups is 1. The summed E-state index contributed by atoms with van der Waals surface area (Å²) in [5.74, 6) is 0.277. The topological polar surface area (TPSA) is 112 Å². The molecule has 1 atom stereocenters. The van der Waals surface area contributed by atoms with Crippen molar-refractivity contribution >= 4 is 35.2 Å². The van der Waals surface area contributed by atoms with Crippen LogP contribution >= 0.6 is 11.8 Å². The molecule has 0 saturated heterocycles. The van der Waals surface area contributed by atoms with Crippen LogP contribution in [0.1, 0.15) is 32.7 Å². The van der Waals surface area contributed by atoms with E-state index in [0.717, 1.165) is 5.56 Å². The highest BCUT2D eigenvalue weighted by Crippen LogP contribution is 2.38. The number of carbonyl (C=O) groups excluding carboxylic acids is 3. The molecule has 0 unspecified atom stereocenters. The monoisotopic (exact) mass is 490 g/mol. The van der Waals surface area contributed by atoms with E-state index in [1.54, 1.807) is 30.0 Å². The van der Waals surface area contributed by atoms with Gasteiger partial charge in [-0.3, -0.25) is 9.59 Å². The molecule has 0 saturated carbocycles. The summed E-state index contributed by atoms with van der Waals surface area (Å²) in [5.41, 5.74) is 1.79. The third-order valence-corrected chi connectivity index (χ3v) is 5.72. The van der Waals surface area contributed by atoms with Crippen LogP contribution in [-0.4, -0.2) is 64.3 Å². The number of benzene rings is 2. The zero-order valence-electron chi connectivity index (χ0n) is 20.1. The van der Waals surface area contributed by atoms with Gasteiger partial charge in [0.25, 0.3) is 5.91 Å². The first-order chi connectivity index (χ1) is 16.3. The van der Waals surface area contributed by atoms with Crippen molar-refractivity contribution in [2.24, 2.45) is 0 Å². The molecule has 0 bridgehead atoms. The average Bonchev–Trinajstić information content (AvgIpc) is 2.85. The van der Waals surface area contributed by atoms with E-state index in [9.17, 15) is 14.4 Å². The Morgan fingerprint density at radius 1 is 0.941 bits per heavy atom. The van der Waals surface area contributed by atoms with Gasteiger partial charge in [0.05, 0.1) is 34.0 Å². The van der Waals surface area contributed by atoms with Crippen LogP contribution in [0.2, 0.25) is 0 Å². The second-order valence-corrected chi connectivity index (χ2v) is 8.22. The van der Waals surface area contributed by atoms with Crippen molar-refractivity contribution in [3.8, 4) is 17.2 Å². The maximum Gasteiger partial charge on any atom is 0.337 e. The van der Waals surface area contributed by atoms with Gasteiger partial charge in [0.1, 0.15) is 6.04 Å². The van der Waals surface area contributed by atoms with E-state index in [1.807, 2.05) is 13.2 Å². The molecule has 0 aliphatic heterocycles. The van der Waals surface area contributed by atoms with Crippen LogP contribution in [-0.2, 0) is 9.53 Å². The van der Waals surface area contributed by atoms with E-state index in [4.69, 9.17) is 18.9 Å². The molecular weight excluding hydrogens is 460 g/mol. The number of anilines is 1. The van der Waals surface area contributed by atoms with Gasteiger partial charge < -0.3 is 29.6 Å². The highest BCUT2D eigenvalue weighted by atomic mass is 32.2. The number of esters is 1. The lowest BCUT2D eigenvalue weighted by atomic mass is 10.1. The molecule has 0 heterocycles. The molecular formula is C24H30N2O7S. The van der Waals surface area contributed by atoms with Crippen LogP contribution in [0.5, 0.6) is 17.2 Å². The number of ether oxygens (including phenoxy) is 4. The molecule has 0 aliphatic rings. The number of methoxy groups -OCH3 is 4. The summed E-state index contributed by atoms with van der Waals surface area (Å²) in [6.07, 6.45) is 2.32. The number of hydrogen-bond acceptors (Lipinski definition) is 8. The van der Waals surface area contributed by atoms with E-state index in [1.165, 1.54) is 40.6 Å². The quantitative estimate of drug-likeness (QED) is 0.462. The summed E-state index contributed by atoms with van der Waals surface area (Å²) >= 11 is 1.56. The molecule has 2 rings (SSSR count). The zero-order valence-corrected chi connectivity index (χ0v) is 21.0. The summed E-state index contributed by atoms with van der Waals surface area (Å²) in [7, 11) is 5.68. The summed E-state index contributed by atoms with van der Waals surface area (Å²) in [6.45, 7) is 1.81. The number of nitrogens with one attached hydrogen (secondary N) is 2. The van der Waals surface area contributed by atoms with Gasteiger partial charge in [-0.05, 0) is 55.2 Å². The average molecular weight is 491 g/mol. The molecule has 9 nitrogen and oxygen atoms in total. The number of hydrogen-bond donors (Lipinski definition) is 2. The van der Waals surface area contributed by atoms with Gasteiger partial charge in [-0.2, -0.15) is 11.8 Å². The van der Waals surface area contributed by atoms with E-state index >= 15 is 0 Å². The molecule has 0 aliphatic carbocycles. The lowest BCUT2D eigenvalue weighted by Crippen LogP contribution is -2.44. The molecule has 34 heavy (non-hydrogen) atoms. The Bertz CT molecular complexity index is 1020. The fraction of sp³-hybridized carbons (Fsp3) is 0.375. The molecule has 10 heteroatoms. The van der Waals surface area contributed by atoms with Crippen molar-refractivity contribution < 1.29 is 33.3 Å². The van der Waals surface area contributed by atoms with Crippen LogP contribution < -0.4 is 24.8 Å². The van der Waals surface area contributed by atoms with Crippen LogP contribution in [0.4, 0.5) is 5.69 Å². The Morgan fingerprint density at radius 3 is 2.12 bits per heavy atom. The number of carbonyl (C=O) groups is 3. The number of rotatable bonds is 11. The summed E-state index contributed by atoms with van der Waals surface area (Å²) < 4.78 is 20.7. The first kappa shape index (κ1) is 26.8. The molecule has 2 N–H and O–H groups in total. The normalized spacial score (nSPS) is 11.2. The summed E-state index contributed by atoms with van der Waals surface area (Å²) in [4.78, 5) is 38.0. The Labute approximate surface area is 203 Å². The number of amides is 2. The first-order valence-corrected chi connectivity index (χ1v) is 11.8. The largest absolute Gasteiger partial charge is 0.493 e. The number of aryl methyl sites for hydroxylation is 1. The fourth-order valence-electron chi connectivity index (χ4n) is 3.18. The molecule has 0 spiro atoms. The zero-order chi connectivity index (χ0) is 25.3. The Morgan fingerprint density at radius 2 is 1.59 bits per heavy atom. The van der Waals surface area contributed by atoms with Crippen molar-refractivity contribution in [2.75, 3.05) is 45.8 Å². The Hall–Kier alpha value is -3.40. The Balaban J connectivity index is 2.29. The van der Waals surface area contributed by atoms with Gasteiger partial charge in [0.15, 0.2) is 11.5 Å². The van der Waals surface area contributed by atoms with E-state index in [2.05, 4.69) is 10.6 Å². The lowest BCUT2D eigenvalue weighted by Gasteiger charge is -2.20. The lowest BCUT2D eigenvalue weighted by molar-refractivity contribution is -0.118. The van der Waals surface area contributed by atoms with Crippen molar-refractivity contribution in [1.82, 2.24) is 5.32 Å². The molecule has 2 amide bonds. The van der Waals surface area contributed by atoms with Crippen LogP contribution in [0.15, 0.2) is 30.3 Å².